The minimum atomic E-state index is -0.452. The van der Waals surface area contributed by atoms with Gasteiger partial charge >= 0.3 is 0 Å². The van der Waals surface area contributed by atoms with Crippen LogP contribution in [0.1, 0.15) is 6.42 Å². The average Bonchev–Trinajstić information content (AvgIpc) is 3.42. The molecule has 0 radical (unpaired) electrons. The van der Waals surface area contributed by atoms with Gasteiger partial charge in [0.1, 0.15) is 11.6 Å². The van der Waals surface area contributed by atoms with Crippen LogP contribution in [0.15, 0.2) is 54.0 Å². The summed E-state index contributed by atoms with van der Waals surface area (Å²) < 4.78 is 15.6. The number of thiophene rings is 1. The molecule has 0 amide bonds. The van der Waals surface area contributed by atoms with Crippen molar-refractivity contribution in [1.82, 2.24) is 20.3 Å². The Labute approximate surface area is 171 Å². The normalized spacial score (nSPS) is 16.2. The van der Waals surface area contributed by atoms with E-state index in [-0.39, 0.29) is 0 Å². The molecule has 4 aromatic rings. The lowest BCUT2D eigenvalue weighted by atomic mass is 10.2. The van der Waals surface area contributed by atoms with Crippen molar-refractivity contribution >= 4 is 38.9 Å². The first-order chi connectivity index (χ1) is 14.3. The van der Waals surface area contributed by atoms with Gasteiger partial charge in [0.05, 0.1) is 22.0 Å². The molecule has 1 aliphatic heterocycles. The predicted octanol–water partition coefficient (Wildman–Crippen LogP) is 4.41. The maximum absolute atomic E-state index is 14.7. The van der Waals surface area contributed by atoms with Crippen molar-refractivity contribution < 1.29 is 4.39 Å². The first-order valence-electron chi connectivity index (χ1n) is 9.47. The minimum Gasteiger partial charge on any atom is -0.365 e. The van der Waals surface area contributed by atoms with Crippen LogP contribution in [0.3, 0.4) is 0 Å². The van der Waals surface area contributed by atoms with E-state index in [9.17, 15) is 4.39 Å². The standard InChI is InChI=1S/C21H19FN6S/c22-16-12-24-18(25-13-4-2-1-3-5-13)10-15(16)20-27-17-7-9-29-19(17)21(28-20)26-14-6-8-23-11-14/h1-5,7,9-10,12,14,23H,6,8,11H2,(H,24,25)(H,26,27,28)/t14-/m1/s1. The number of nitrogens with one attached hydrogen (secondary N) is 3. The number of aromatic nitrogens is 3. The summed E-state index contributed by atoms with van der Waals surface area (Å²) in [6, 6.07) is 13.5. The molecule has 6 nitrogen and oxygen atoms in total. The molecule has 0 aliphatic carbocycles. The molecule has 4 heterocycles. The number of anilines is 3. The lowest BCUT2D eigenvalue weighted by Crippen LogP contribution is -2.23. The molecular weight excluding hydrogens is 387 g/mol. The minimum absolute atomic E-state index is 0.306. The van der Waals surface area contributed by atoms with Crippen LogP contribution in [-0.4, -0.2) is 34.1 Å². The fraction of sp³-hybridized carbons (Fsp3) is 0.190. The van der Waals surface area contributed by atoms with Crippen molar-refractivity contribution in [3.8, 4) is 11.4 Å². The smallest absolute Gasteiger partial charge is 0.165 e. The van der Waals surface area contributed by atoms with E-state index in [1.54, 1.807) is 17.4 Å². The topological polar surface area (TPSA) is 74.8 Å². The van der Waals surface area contributed by atoms with E-state index >= 15 is 0 Å². The Balaban J connectivity index is 1.53. The number of nitrogens with zero attached hydrogens (tertiary/aromatic N) is 3. The summed E-state index contributed by atoms with van der Waals surface area (Å²) in [5.41, 5.74) is 2.00. The van der Waals surface area contributed by atoms with Gasteiger partial charge in [-0.25, -0.2) is 19.3 Å². The third-order valence-electron chi connectivity index (χ3n) is 4.85. The lowest BCUT2D eigenvalue weighted by Gasteiger charge is -2.14. The van der Waals surface area contributed by atoms with Gasteiger partial charge in [-0.3, -0.25) is 0 Å². The number of benzene rings is 1. The number of fused-ring (bicyclic) bond motifs is 1. The van der Waals surface area contributed by atoms with Gasteiger partial charge in [0, 0.05) is 18.3 Å². The Hall–Kier alpha value is -3.10. The quantitative estimate of drug-likeness (QED) is 0.456. The molecule has 1 fully saturated rings. The summed E-state index contributed by atoms with van der Waals surface area (Å²) in [6.45, 7) is 1.87. The Morgan fingerprint density at radius 2 is 2.03 bits per heavy atom. The predicted molar refractivity (Wildman–Crippen MR) is 115 cm³/mol. The van der Waals surface area contributed by atoms with Crippen LogP contribution in [0.5, 0.6) is 0 Å². The molecule has 1 atom stereocenters. The van der Waals surface area contributed by atoms with E-state index in [0.29, 0.717) is 23.2 Å². The largest absolute Gasteiger partial charge is 0.365 e. The first kappa shape index (κ1) is 18.0. The number of halogens is 1. The van der Waals surface area contributed by atoms with Crippen molar-refractivity contribution in [2.24, 2.45) is 0 Å². The van der Waals surface area contributed by atoms with E-state index in [4.69, 9.17) is 0 Å². The molecule has 29 heavy (non-hydrogen) atoms. The van der Waals surface area contributed by atoms with Gasteiger partial charge in [-0.15, -0.1) is 11.3 Å². The third kappa shape index (κ3) is 3.76. The van der Waals surface area contributed by atoms with Gasteiger partial charge in [0.2, 0.25) is 0 Å². The number of rotatable bonds is 5. The highest BCUT2D eigenvalue weighted by atomic mass is 32.1. The summed E-state index contributed by atoms with van der Waals surface area (Å²) in [6.07, 6.45) is 2.23. The summed E-state index contributed by atoms with van der Waals surface area (Å²) in [4.78, 5) is 13.4. The van der Waals surface area contributed by atoms with E-state index in [0.717, 1.165) is 41.2 Å². The molecule has 0 saturated carbocycles. The lowest BCUT2D eigenvalue weighted by molar-refractivity contribution is 0.624. The third-order valence-corrected chi connectivity index (χ3v) is 5.76. The molecule has 1 saturated heterocycles. The summed E-state index contributed by atoms with van der Waals surface area (Å²) in [5, 5.41) is 12.0. The zero-order valence-corrected chi connectivity index (χ0v) is 16.3. The molecule has 0 bridgehead atoms. The van der Waals surface area contributed by atoms with Gasteiger partial charge in [0.25, 0.3) is 0 Å². The highest BCUT2D eigenvalue weighted by Crippen LogP contribution is 2.31. The molecule has 0 spiro atoms. The van der Waals surface area contributed by atoms with Crippen molar-refractivity contribution in [2.75, 3.05) is 23.7 Å². The van der Waals surface area contributed by atoms with Crippen LogP contribution >= 0.6 is 11.3 Å². The van der Waals surface area contributed by atoms with Crippen molar-refractivity contribution in [3.05, 3.63) is 59.9 Å². The van der Waals surface area contributed by atoms with Crippen LogP contribution in [0.4, 0.5) is 21.7 Å². The van der Waals surface area contributed by atoms with Gasteiger partial charge in [-0.2, -0.15) is 0 Å². The van der Waals surface area contributed by atoms with Crippen LogP contribution in [0.25, 0.3) is 21.6 Å². The SMILES string of the molecule is Fc1cnc(Nc2ccccc2)cc1-c1nc(N[C@@H]2CCNC2)c2sccc2n1. The molecule has 3 N–H and O–H groups in total. The summed E-state index contributed by atoms with van der Waals surface area (Å²) >= 11 is 1.58. The van der Waals surface area contributed by atoms with Crippen LogP contribution in [0, 0.1) is 5.82 Å². The fourth-order valence-corrected chi connectivity index (χ4v) is 4.18. The molecule has 5 rings (SSSR count). The second-order valence-corrected chi connectivity index (χ2v) is 7.82. The molecule has 146 valence electrons. The Kier molecular flexibility index (Phi) is 4.79. The molecular formula is C21H19FN6S. The highest BCUT2D eigenvalue weighted by Gasteiger charge is 2.19. The van der Waals surface area contributed by atoms with Crippen molar-refractivity contribution in [1.29, 1.82) is 0 Å². The number of para-hydroxylation sites is 1. The van der Waals surface area contributed by atoms with E-state index < -0.39 is 5.82 Å². The van der Waals surface area contributed by atoms with Crippen LogP contribution in [-0.2, 0) is 0 Å². The monoisotopic (exact) mass is 406 g/mol. The zero-order valence-electron chi connectivity index (χ0n) is 15.5. The molecule has 8 heteroatoms. The fourth-order valence-electron chi connectivity index (χ4n) is 3.40. The second-order valence-electron chi connectivity index (χ2n) is 6.91. The van der Waals surface area contributed by atoms with Crippen LogP contribution < -0.4 is 16.0 Å². The van der Waals surface area contributed by atoms with E-state index in [1.807, 2.05) is 41.8 Å². The summed E-state index contributed by atoms with van der Waals surface area (Å²) in [5.74, 6) is 1.19. The number of hydrogen-bond acceptors (Lipinski definition) is 7. The van der Waals surface area contributed by atoms with Crippen molar-refractivity contribution in [2.45, 2.75) is 12.5 Å². The highest BCUT2D eigenvalue weighted by molar-refractivity contribution is 7.17. The maximum Gasteiger partial charge on any atom is 0.165 e. The molecule has 1 aromatic carbocycles. The Morgan fingerprint density at radius 3 is 2.86 bits per heavy atom. The van der Waals surface area contributed by atoms with E-state index in [1.165, 1.54) is 6.20 Å². The van der Waals surface area contributed by atoms with E-state index in [2.05, 4.69) is 30.9 Å². The Bertz CT molecular complexity index is 1140. The number of pyridine rings is 1. The van der Waals surface area contributed by atoms with Crippen LogP contribution in [0.2, 0.25) is 0 Å². The molecule has 0 unspecified atom stereocenters. The van der Waals surface area contributed by atoms with Gasteiger partial charge in [-0.05, 0) is 42.6 Å². The first-order valence-corrected chi connectivity index (χ1v) is 10.3. The molecule has 3 aromatic heterocycles. The van der Waals surface area contributed by atoms with Gasteiger partial charge in [-0.1, -0.05) is 18.2 Å². The maximum atomic E-state index is 14.7. The second kappa shape index (κ2) is 7.73. The zero-order chi connectivity index (χ0) is 19.6. The van der Waals surface area contributed by atoms with Gasteiger partial charge < -0.3 is 16.0 Å². The summed E-state index contributed by atoms with van der Waals surface area (Å²) in [7, 11) is 0. The Morgan fingerprint density at radius 1 is 1.14 bits per heavy atom. The average molecular weight is 406 g/mol. The number of hydrogen-bond donors (Lipinski definition) is 3. The van der Waals surface area contributed by atoms with Gasteiger partial charge in [0.15, 0.2) is 11.6 Å². The van der Waals surface area contributed by atoms with Crippen molar-refractivity contribution in [3.63, 3.8) is 0 Å². The molecule has 1 aliphatic rings.